The van der Waals surface area contributed by atoms with Gasteiger partial charge in [-0.15, -0.1) is 0 Å². The van der Waals surface area contributed by atoms with Crippen molar-refractivity contribution in [2.45, 2.75) is 13.3 Å². The lowest BCUT2D eigenvalue weighted by Gasteiger charge is -2.09. The topological polar surface area (TPSA) is 97.9 Å². The molecule has 1 amide bonds. The van der Waals surface area contributed by atoms with Gasteiger partial charge in [-0.1, -0.05) is 13.0 Å². The van der Waals surface area contributed by atoms with Crippen LogP contribution < -0.4 is 16.4 Å². The maximum absolute atomic E-state index is 12.2. The van der Waals surface area contributed by atoms with Gasteiger partial charge in [0.1, 0.15) is 18.0 Å². The molecule has 4 N–H and O–H groups in total. The van der Waals surface area contributed by atoms with E-state index in [1.807, 2.05) is 31.2 Å². The number of fused-ring (bicyclic) bond motifs is 1. The molecule has 0 aliphatic heterocycles. The van der Waals surface area contributed by atoms with Gasteiger partial charge in [-0.05, 0) is 24.6 Å². The molecule has 7 heteroatoms. The number of nitrogen functional groups attached to an aromatic ring is 1. The molecule has 0 aliphatic rings. The lowest BCUT2D eigenvalue weighted by Crippen LogP contribution is -2.28. The van der Waals surface area contributed by atoms with Crippen molar-refractivity contribution in [1.29, 1.82) is 0 Å². The van der Waals surface area contributed by atoms with Gasteiger partial charge in [0.2, 0.25) is 0 Å². The number of carbonyl (C=O) groups is 1. The molecule has 0 fully saturated rings. The van der Waals surface area contributed by atoms with Crippen molar-refractivity contribution >= 4 is 34.3 Å². The number of benzene rings is 1. The average Bonchev–Trinajstić information content (AvgIpc) is 2.96. The van der Waals surface area contributed by atoms with Crippen LogP contribution in [-0.4, -0.2) is 27.1 Å². The maximum Gasteiger partial charge on any atom is 0.326 e. The summed E-state index contributed by atoms with van der Waals surface area (Å²) >= 11 is 0. The summed E-state index contributed by atoms with van der Waals surface area (Å²) in [5, 5.41) is 7.02. The predicted octanol–water partition coefficient (Wildman–Crippen LogP) is 2.72. The first-order valence-corrected chi connectivity index (χ1v) is 7.41. The minimum atomic E-state index is -0.134. The van der Waals surface area contributed by atoms with E-state index >= 15 is 0 Å². The molecule has 23 heavy (non-hydrogen) atoms. The predicted molar refractivity (Wildman–Crippen MR) is 90.8 cm³/mol. The number of nitrogens with two attached hydrogens (primary N) is 1. The molecule has 118 valence electrons. The zero-order valence-corrected chi connectivity index (χ0v) is 12.8. The van der Waals surface area contributed by atoms with Crippen LogP contribution in [0.15, 0.2) is 42.9 Å². The first kappa shape index (κ1) is 14.8. The Bertz CT molecular complexity index is 841. The molecule has 0 aliphatic carbocycles. The van der Waals surface area contributed by atoms with E-state index in [9.17, 15) is 4.79 Å². The number of aromatic nitrogens is 3. The summed E-state index contributed by atoms with van der Waals surface area (Å²) in [6, 6.07) is 9.20. The SMILES string of the molecule is CCCNC(=O)n1ccc2ccc(Nc3cc(N)ncn3)cc21. The van der Waals surface area contributed by atoms with Crippen molar-refractivity contribution in [3.8, 4) is 0 Å². The molecule has 1 aromatic carbocycles. The largest absolute Gasteiger partial charge is 0.384 e. The van der Waals surface area contributed by atoms with Crippen molar-refractivity contribution in [3.05, 3.63) is 42.9 Å². The highest BCUT2D eigenvalue weighted by Gasteiger charge is 2.09. The Balaban J connectivity index is 1.89. The highest BCUT2D eigenvalue weighted by molar-refractivity contribution is 5.93. The molecule has 2 heterocycles. The van der Waals surface area contributed by atoms with Crippen molar-refractivity contribution in [2.24, 2.45) is 0 Å². The van der Waals surface area contributed by atoms with Gasteiger partial charge in [-0.25, -0.2) is 14.8 Å². The van der Waals surface area contributed by atoms with Gasteiger partial charge in [0.15, 0.2) is 0 Å². The van der Waals surface area contributed by atoms with E-state index in [0.29, 0.717) is 18.2 Å². The monoisotopic (exact) mass is 310 g/mol. The molecule has 0 atom stereocenters. The van der Waals surface area contributed by atoms with E-state index in [-0.39, 0.29) is 6.03 Å². The summed E-state index contributed by atoms with van der Waals surface area (Å²) in [7, 11) is 0. The van der Waals surface area contributed by atoms with Gasteiger partial charge >= 0.3 is 6.03 Å². The van der Waals surface area contributed by atoms with Crippen LogP contribution in [0.25, 0.3) is 10.9 Å². The van der Waals surface area contributed by atoms with Crippen LogP contribution in [0.3, 0.4) is 0 Å². The Morgan fingerprint density at radius 1 is 1.26 bits per heavy atom. The summed E-state index contributed by atoms with van der Waals surface area (Å²) in [4.78, 5) is 20.2. The van der Waals surface area contributed by atoms with Gasteiger partial charge in [0.05, 0.1) is 5.52 Å². The van der Waals surface area contributed by atoms with Crippen molar-refractivity contribution in [1.82, 2.24) is 19.9 Å². The lowest BCUT2D eigenvalue weighted by molar-refractivity contribution is 0.243. The molecule has 3 rings (SSSR count). The number of nitrogens with zero attached hydrogens (tertiary/aromatic N) is 3. The molecule has 0 spiro atoms. The van der Waals surface area contributed by atoms with Gasteiger partial charge in [0.25, 0.3) is 0 Å². The zero-order valence-electron chi connectivity index (χ0n) is 12.8. The minimum absolute atomic E-state index is 0.134. The number of hydrogen-bond donors (Lipinski definition) is 3. The van der Waals surface area contributed by atoms with E-state index in [1.165, 1.54) is 6.33 Å². The fraction of sp³-hybridized carbons (Fsp3) is 0.188. The summed E-state index contributed by atoms with van der Waals surface area (Å²) in [6.07, 6.45) is 4.06. The Morgan fingerprint density at radius 3 is 2.91 bits per heavy atom. The molecule has 0 unspecified atom stereocenters. The van der Waals surface area contributed by atoms with Crippen LogP contribution in [0.1, 0.15) is 13.3 Å². The molecule has 0 bridgehead atoms. The number of rotatable bonds is 4. The third kappa shape index (κ3) is 3.23. The smallest absolute Gasteiger partial charge is 0.326 e. The molecular weight excluding hydrogens is 292 g/mol. The van der Waals surface area contributed by atoms with E-state index < -0.39 is 0 Å². The van der Waals surface area contributed by atoms with Crippen LogP contribution in [0.4, 0.5) is 22.1 Å². The van der Waals surface area contributed by atoms with Crippen LogP contribution >= 0.6 is 0 Å². The molecule has 3 aromatic rings. The second-order valence-electron chi connectivity index (χ2n) is 5.14. The third-order valence-corrected chi connectivity index (χ3v) is 3.40. The highest BCUT2D eigenvalue weighted by atomic mass is 16.2. The lowest BCUT2D eigenvalue weighted by atomic mass is 10.2. The van der Waals surface area contributed by atoms with Crippen molar-refractivity contribution < 1.29 is 4.79 Å². The van der Waals surface area contributed by atoms with E-state index in [4.69, 9.17) is 5.73 Å². The molecule has 2 aromatic heterocycles. The van der Waals surface area contributed by atoms with E-state index in [1.54, 1.807) is 16.8 Å². The number of hydrogen-bond acceptors (Lipinski definition) is 5. The second kappa shape index (κ2) is 6.35. The Morgan fingerprint density at radius 2 is 2.13 bits per heavy atom. The normalized spacial score (nSPS) is 10.7. The van der Waals surface area contributed by atoms with Crippen molar-refractivity contribution in [2.75, 3.05) is 17.6 Å². The quantitative estimate of drug-likeness (QED) is 0.688. The van der Waals surface area contributed by atoms with Gasteiger partial charge in [-0.3, -0.25) is 4.57 Å². The van der Waals surface area contributed by atoms with Gasteiger partial charge in [-0.2, -0.15) is 0 Å². The Kier molecular flexibility index (Phi) is 4.09. The van der Waals surface area contributed by atoms with Crippen LogP contribution in [0.5, 0.6) is 0 Å². The fourth-order valence-electron chi connectivity index (χ4n) is 2.29. The first-order chi connectivity index (χ1) is 11.2. The molecule has 0 radical (unpaired) electrons. The average molecular weight is 310 g/mol. The molecule has 0 saturated heterocycles. The van der Waals surface area contributed by atoms with Gasteiger partial charge < -0.3 is 16.4 Å². The third-order valence-electron chi connectivity index (χ3n) is 3.40. The fourth-order valence-corrected chi connectivity index (χ4v) is 2.29. The Hall–Kier alpha value is -3.09. The number of nitrogens with one attached hydrogen (secondary N) is 2. The standard InChI is InChI=1S/C16H18N6O/c1-2-6-18-16(23)22-7-5-11-3-4-12(8-13(11)22)21-15-9-14(17)19-10-20-15/h3-5,7-10H,2,6H2,1H3,(H,18,23)(H3,17,19,20,21). The molecule has 7 nitrogen and oxygen atoms in total. The van der Waals surface area contributed by atoms with Crippen LogP contribution in [-0.2, 0) is 0 Å². The highest BCUT2D eigenvalue weighted by Crippen LogP contribution is 2.23. The Labute approximate surface area is 133 Å². The summed E-state index contributed by atoms with van der Waals surface area (Å²) in [6.45, 7) is 2.67. The zero-order chi connectivity index (χ0) is 16.2. The van der Waals surface area contributed by atoms with Crippen LogP contribution in [0, 0.1) is 0 Å². The van der Waals surface area contributed by atoms with E-state index in [0.717, 1.165) is 23.0 Å². The number of amides is 1. The molecule has 0 saturated carbocycles. The number of carbonyl (C=O) groups excluding carboxylic acids is 1. The summed E-state index contributed by atoms with van der Waals surface area (Å²) in [5.41, 5.74) is 7.29. The first-order valence-electron chi connectivity index (χ1n) is 7.41. The van der Waals surface area contributed by atoms with Crippen molar-refractivity contribution in [3.63, 3.8) is 0 Å². The summed E-state index contributed by atoms with van der Waals surface area (Å²) < 4.78 is 1.60. The summed E-state index contributed by atoms with van der Waals surface area (Å²) in [5.74, 6) is 0.997. The minimum Gasteiger partial charge on any atom is -0.384 e. The second-order valence-corrected chi connectivity index (χ2v) is 5.14. The van der Waals surface area contributed by atoms with Gasteiger partial charge in [0, 0.05) is 29.9 Å². The number of anilines is 3. The van der Waals surface area contributed by atoms with E-state index in [2.05, 4.69) is 20.6 Å². The maximum atomic E-state index is 12.2. The molecular formula is C16H18N6O. The van der Waals surface area contributed by atoms with Crippen LogP contribution in [0.2, 0.25) is 0 Å².